The van der Waals surface area contributed by atoms with Crippen molar-refractivity contribution in [3.8, 4) is 0 Å². The molecule has 0 aromatic heterocycles. The van der Waals surface area contributed by atoms with Crippen molar-refractivity contribution < 1.29 is 9.53 Å². The number of rotatable bonds is 2. The number of carbonyl (C=O) groups excluding carboxylic acids is 1. The molecule has 0 unspecified atom stereocenters. The fourth-order valence-corrected chi connectivity index (χ4v) is 4.24. The Hall–Kier alpha value is -0.870. The maximum absolute atomic E-state index is 12.3. The molecule has 4 heteroatoms. The second-order valence-electron chi connectivity index (χ2n) is 5.91. The quantitative estimate of drug-likeness (QED) is 0.778. The average Bonchev–Trinajstić information content (AvgIpc) is 2.70. The van der Waals surface area contributed by atoms with Gasteiger partial charge < -0.3 is 4.74 Å². The average molecular weight is 334 g/mol. The van der Waals surface area contributed by atoms with Gasteiger partial charge in [-0.15, -0.1) is 0 Å². The van der Waals surface area contributed by atoms with Gasteiger partial charge in [0.2, 0.25) is 0 Å². The Morgan fingerprint density at radius 1 is 1.30 bits per heavy atom. The Morgan fingerprint density at radius 3 is 2.65 bits per heavy atom. The third kappa shape index (κ3) is 2.29. The minimum Gasteiger partial charge on any atom is -0.469 e. The molecule has 0 aliphatic carbocycles. The summed E-state index contributed by atoms with van der Waals surface area (Å²) >= 11 is 3.47. The number of fused-ring (bicyclic) bond motifs is 2. The Balaban J connectivity index is 1.95. The lowest BCUT2D eigenvalue weighted by Crippen LogP contribution is -2.49. The molecule has 2 fully saturated rings. The molecule has 1 aromatic rings. The van der Waals surface area contributed by atoms with Crippen molar-refractivity contribution in [1.82, 2.24) is 4.90 Å². The molecule has 4 atom stereocenters. The molecule has 2 aliphatic heterocycles. The molecule has 2 bridgehead atoms. The standard InChI is InChI=1S/C16H20BrNO2/c1-18-12-7-8-14(18)15(16(19)20-2)13(9-12)10-3-5-11(17)6-4-10/h3-6,12-15H,7-9H2,1-2H3/t12-,13+,14+,15-/m0/s1/i17-4. The van der Waals surface area contributed by atoms with Crippen LogP contribution in [0.5, 0.6) is 0 Å². The molecule has 2 aliphatic rings. The maximum Gasteiger partial charge on any atom is 0.310 e. The van der Waals surface area contributed by atoms with E-state index < -0.39 is 0 Å². The van der Waals surface area contributed by atoms with Crippen LogP contribution in [-0.2, 0) is 9.53 Å². The van der Waals surface area contributed by atoms with E-state index in [0.717, 1.165) is 17.3 Å². The van der Waals surface area contributed by atoms with Gasteiger partial charge in [0.05, 0.1) is 13.0 Å². The van der Waals surface area contributed by atoms with Gasteiger partial charge in [0.25, 0.3) is 0 Å². The molecule has 0 spiro atoms. The van der Waals surface area contributed by atoms with Crippen LogP contribution in [0.2, 0.25) is 0 Å². The molecule has 2 saturated heterocycles. The molecular formula is C16H20BrNO2. The summed E-state index contributed by atoms with van der Waals surface area (Å²) in [5.41, 5.74) is 1.26. The van der Waals surface area contributed by atoms with Gasteiger partial charge in [-0.1, -0.05) is 28.1 Å². The number of benzene rings is 1. The van der Waals surface area contributed by atoms with Crippen LogP contribution < -0.4 is 0 Å². The molecular weight excluding hydrogens is 314 g/mol. The van der Waals surface area contributed by atoms with Crippen molar-refractivity contribution in [2.45, 2.75) is 37.3 Å². The van der Waals surface area contributed by atoms with Crippen LogP contribution in [0, 0.1) is 5.92 Å². The van der Waals surface area contributed by atoms with Crippen molar-refractivity contribution in [3.05, 3.63) is 34.3 Å². The van der Waals surface area contributed by atoms with E-state index in [4.69, 9.17) is 4.74 Å². The molecule has 1 aromatic carbocycles. The number of esters is 1. The minimum absolute atomic E-state index is 0.0371. The predicted octanol–water partition coefficient (Wildman–Crippen LogP) is 3.19. The van der Waals surface area contributed by atoms with E-state index in [-0.39, 0.29) is 17.8 Å². The van der Waals surface area contributed by atoms with E-state index in [1.807, 2.05) is 0 Å². The highest BCUT2D eigenvalue weighted by Gasteiger charge is 2.49. The highest BCUT2D eigenvalue weighted by Crippen LogP contribution is 2.46. The molecule has 20 heavy (non-hydrogen) atoms. The molecule has 0 amide bonds. The number of methoxy groups -OCH3 is 1. The summed E-state index contributed by atoms with van der Waals surface area (Å²) in [5.74, 6) is 0.185. The van der Waals surface area contributed by atoms with Crippen molar-refractivity contribution in [2.24, 2.45) is 5.92 Å². The Labute approximate surface area is 128 Å². The van der Waals surface area contributed by atoms with Gasteiger partial charge in [0, 0.05) is 22.5 Å². The van der Waals surface area contributed by atoms with Gasteiger partial charge >= 0.3 is 5.97 Å². The summed E-state index contributed by atoms with van der Waals surface area (Å²) in [7, 11) is 3.65. The van der Waals surface area contributed by atoms with Crippen LogP contribution >= 0.6 is 15.9 Å². The van der Waals surface area contributed by atoms with Crippen LogP contribution in [0.4, 0.5) is 0 Å². The number of halogens is 1. The SMILES string of the molecule is COC(=O)[C@H]1[C@@H](c2ccc([76Br])cc2)C[C@@H]2CC[C@H]1N2C. The summed E-state index contributed by atoms with van der Waals surface area (Å²) in [4.78, 5) is 14.7. The molecule has 2 heterocycles. The lowest BCUT2D eigenvalue weighted by atomic mass is 9.76. The highest BCUT2D eigenvalue weighted by molar-refractivity contribution is 9.10. The van der Waals surface area contributed by atoms with Gasteiger partial charge in [-0.2, -0.15) is 0 Å². The zero-order chi connectivity index (χ0) is 14.3. The third-order valence-corrected chi connectivity index (χ3v) is 5.57. The lowest BCUT2D eigenvalue weighted by Gasteiger charge is -2.41. The predicted molar refractivity (Wildman–Crippen MR) is 81.6 cm³/mol. The van der Waals surface area contributed by atoms with Crippen molar-refractivity contribution in [3.63, 3.8) is 0 Å². The molecule has 3 nitrogen and oxygen atoms in total. The third-order valence-electron chi connectivity index (χ3n) is 5.04. The second-order valence-corrected chi connectivity index (χ2v) is 6.82. The number of hydrogen-bond donors (Lipinski definition) is 0. The molecule has 3 rings (SSSR count). The monoisotopic (exact) mass is 334 g/mol. The number of nitrogens with zero attached hydrogens (tertiary/aromatic N) is 1. The van der Waals surface area contributed by atoms with Crippen LogP contribution in [0.1, 0.15) is 30.7 Å². The molecule has 0 N–H and O–H groups in total. The maximum atomic E-state index is 12.3. The molecule has 108 valence electrons. The van der Waals surface area contributed by atoms with Gasteiger partial charge in [-0.05, 0) is 44.0 Å². The summed E-state index contributed by atoms with van der Waals surface area (Å²) in [5, 5.41) is 0. The van der Waals surface area contributed by atoms with Crippen LogP contribution in [0.25, 0.3) is 0 Å². The smallest absolute Gasteiger partial charge is 0.310 e. The van der Waals surface area contributed by atoms with Gasteiger partial charge in [0.1, 0.15) is 0 Å². The van der Waals surface area contributed by atoms with E-state index >= 15 is 0 Å². The van der Waals surface area contributed by atoms with Crippen molar-refractivity contribution >= 4 is 21.9 Å². The normalized spacial score (nSPS) is 33.1. The Bertz CT molecular complexity index is 502. The van der Waals surface area contributed by atoms with E-state index in [9.17, 15) is 4.79 Å². The summed E-state index contributed by atoms with van der Waals surface area (Å²) < 4.78 is 6.16. The second kappa shape index (κ2) is 5.49. The first kappa shape index (κ1) is 14.1. The first-order valence-electron chi connectivity index (χ1n) is 7.17. The number of ether oxygens (including phenoxy) is 1. The topological polar surface area (TPSA) is 29.5 Å². The first-order valence-corrected chi connectivity index (χ1v) is 7.96. The van der Waals surface area contributed by atoms with E-state index in [1.165, 1.54) is 19.1 Å². The van der Waals surface area contributed by atoms with Gasteiger partial charge in [-0.3, -0.25) is 9.69 Å². The van der Waals surface area contributed by atoms with E-state index in [2.05, 4.69) is 52.1 Å². The molecule has 0 saturated carbocycles. The van der Waals surface area contributed by atoms with Crippen LogP contribution in [-0.4, -0.2) is 37.1 Å². The van der Waals surface area contributed by atoms with E-state index in [0.29, 0.717) is 12.1 Å². The summed E-state index contributed by atoms with van der Waals surface area (Å²) in [6.07, 6.45) is 3.35. The largest absolute Gasteiger partial charge is 0.469 e. The fourth-order valence-electron chi connectivity index (χ4n) is 3.98. The van der Waals surface area contributed by atoms with Crippen LogP contribution in [0.3, 0.4) is 0 Å². The molecule has 0 radical (unpaired) electrons. The number of hydrogen-bond acceptors (Lipinski definition) is 3. The van der Waals surface area contributed by atoms with E-state index in [1.54, 1.807) is 0 Å². The Morgan fingerprint density at radius 2 is 2.00 bits per heavy atom. The van der Waals surface area contributed by atoms with Crippen molar-refractivity contribution in [1.29, 1.82) is 0 Å². The van der Waals surface area contributed by atoms with Crippen LogP contribution in [0.15, 0.2) is 28.7 Å². The highest BCUT2D eigenvalue weighted by atomic mass is 75.9. The lowest BCUT2D eigenvalue weighted by molar-refractivity contribution is -0.150. The zero-order valence-corrected chi connectivity index (χ0v) is 13.5. The van der Waals surface area contributed by atoms with Gasteiger partial charge in [0.15, 0.2) is 0 Å². The first-order chi connectivity index (χ1) is 9.61. The zero-order valence-electron chi connectivity index (χ0n) is 11.9. The number of carbonyl (C=O) groups is 1. The summed E-state index contributed by atoms with van der Waals surface area (Å²) in [6, 6.07) is 9.32. The van der Waals surface area contributed by atoms with Gasteiger partial charge in [-0.25, -0.2) is 0 Å². The number of piperidine rings is 1. The summed E-state index contributed by atoms with van der Waals surface area (Å²) in [6.45, 7) is 0. The minimum atomic E-state index is -0.0601. The fraction of sp³-hybridized carbons (Fsp3) is 0.562. The van der Waals surface area contributed by atoms with Crippen molar-refractivity contribution in [2.75, 3.05) is 14.2 Å². The Kier molecular flexibility index (Phi) is 3.87.